The van der Waals surface area contributed by atoms with Crippen molar-refractivity contribution in [3.8, 4) is 0 Å². The molecule has 1 aromatic heterocycles. The van der Waals surface area contributed by atoms with Crippen LogP contribution >= 0.6 is 23.7 Å². The second-order valence-electron chi connectivity index (χ2n) is 5.56. The number of amides is 1. The molecule has 2 aliphatic rings. The molecule has 0 radical (unpaired) electrons. The van der Waals surface area contributed by atoms with Crippen LogP contribution in [-0.4, -0.2) is 18.5 Å². The van der Waals surface area contributed by atoms with Crippen LogP contribution < -0.4 is 11.1 Å². The summed E-state index contributed by atoms with van der Waals surface area (Å²) in [5, 5.41) is 5.14. The highest BCUT2D eigenvalue weighted by molar-refractivity contribution is 7.09. The average molecular weight is 301 g/mol. The monoisotopic (exact) mass is 300 g/mol. The number of thiophene rings is 1. The summed E-state index contributed by atoms with van der Waals surface area (Å²) in [6, 6.07) is 4.26. The third kappa shape index (κ3) is 2.96. The van der Waals surface area contributed by atoms with Crippen molar-refractivity contribution in [3.05, 3.63) is 22.4 Å². The van der Waals surface area contributed by atoms with Crippen LogP contribution in [-0.2, 0) is 11.2 Å². The summed E-state index contributed by atoms with van der Waals surface area (Å²) in [5.41, 5.74) is 6.17. The zero-order chi connectivity index (χ0) is 12.5. The molecule has 1 amide bonds. The molecule has 106 valence electrons. The summed E-state index contributed by atoms with van der Waals surface area (Å²) in [6.45, 7) is 0.736. The number of nitrogens with one attached hydrogen (secondary N) is 1. The van der Waals surface area contributed by atoms with E-state index in [2.05, 4.69) is 16.8 Å². The van der Waals surface area contributed by atoms with Gasteiger partial charge in [0, 0.05) is 17.5 Å². The van der Waals surface area contributed by atoms with E-state index in [0.29, 0.717) is 11.8 Å². The van der Waals surface area contributed by atoms with Gasteiger partial charge in [-0.1, -0.05) is 6.07 Å². The van der Waals surface area contributed by atoms with E-state index >= 15 is 0 Å². The number of carbonyl (C=O) groups excluding carboxylic acids is 1. The summed E-state index contributed by atoms with van der Waals surface area (Å²) >= 11 is 1.74. The van der Waals surface area contributed by atoms with E-state index in [0.717, 1.165) is 13.0 Å². The van der Waals surface area contributed by atoms with Gasteiger partial charge in [-0.2, -0.15) is 0 Å². The van der Waals surface area contributed by atoms with Crippen LogP contribution in [0.2, 0.25) is 0 Å². The zero-order valence-corrected chi connectivity index (χ0v) is 12.5. The van der Waals surface area contributed by atoms with Crippen molar-refractivity contribution in [2.45, 2.75) is 31.7 Å². The summed E-state index contributed by atoms with van der Waals surface area (Å²) in [6.07, 6.45) is 4.52. The van der Waals surface area contributed by atoms with Gasteiger partial charge >= 0.3 is 0 Å². The van der Waals surface area contributed by atoms with Crippen molar-refractivity contribution >= 4 is 29.7 Å². The van der Waals surface area contributed by atoms with Crippen LogP contribution in [0, 0.1) is 17.8 Å². The Labute approximate surface area is 124 Å². The lowest BCUT2D eigenvalue weighted by atomic mass is 9.84. The second-order valence-corrected chi connectivity index (χ2v) is 6.59. The van der Waals surface area contributed by atoms with Gasteiger partial charge in [0.25, 0.3) is 0 Å². The normalized spacial score (nSPS) is 32.1. The van der Waals surface area contributed by atoms with Crippen molar-refractivity contribution < 1.29 is 4.79 Å². The van der Waals surface area contributed by atoms with Crippen LogP contribution in [0.1, 0.15) is 24.1 Å². The van der Waals surface area contributed by atoms with Crippen molar-refractivity contribution in [2.75, 3.05) is 6.54 Å². The van der Waals surface area contributed by atoms with E-state index in [1.165, 1.54) is 24.1 Å². The highest BCUT2D eigenvalue weighted by atomic mass is 35.5. The predicted octanol–water partition coefficient (Wildman–Crippen LogP) is 2.20. The Balaban J connectivity index is 0.00000133. The minimum Gasteiger partial charge on any atom is -0.355 e. The number of rotatable bonds is 4. The summed E-state index contributed by atoms with van der Waals surface area (Å²) in [5.74, 6) is 1.41. The lowest BCUT2D eigenvalue weighted by Crippen LogP contribution is -2.45. The van der Waals surface area contributed by atoms with Crippen LogP contribution in [0.5, 0.6) is 0 Å². The molecule has 5 heteroatoms. The third-order valence-electron chi connectivity index (χ3n) is 4.53. The largest absolute Gasteiger partial charge is 0.355 e. The number of nitrogens with two attached hydrogens (primary N) is 1. The Kier molecular flexibility index (Phi) is 4.87. The van der Waals surface area contributed by atoms with E-state index in [4.69, 9.17) is 5.73 Å². The number of hydrogen-bond donors (Lipinski definition) is 2. The first kappa shape index (κ1) is 14.8. The third-order valence-corrected chi connectivity index (χ3v) is 5.47. The molecule has 1 heterocycles. The maximum absolute atomic E-state index is 12.2. The van der Waals surface area contributed by atoms with E-state index in [1.54, 1.807) is 11.3 Å². The smallest absolute Gasteiger partial charge is 0.224 e. The van der Waals surface area contributed by atoms with Crippen LogP contribution in [0.4, 0.5) is 0 Å². The number of halogens is 1. The van der Waals surface area contributed by atoms with Gasteiger partial charge in [0.15, 0.2) is 0 Å². The van der Waals surface area contributed by atoms with Crippen molar-refractivity contribution in [2.24, 2.45) is 23.5 Å². The zero-order valence-electron chi connectivity index (χ0n) is 10.9. The molecule has 19 heavy (non-hydrogen) atoms. The topological polar surface area (TPSA) is 55.1 Å². The molecule has 4 unspecified atom stereocenters. The van der Waals surface area contributed by atoms with Gasteiger partial charge in [-0.3, -0.25) is 4.79 Å². The average Bonchev–Trinajstić information content (AvgIpc) is 3.03. The lowest BCUT2D eigenvalue weighted by molar-refractivity contribution is -0.127. The van der Waals surface area contributed by atoms with Gasteiger partial charge in [-0.05, 0) is 49.0 Å². The van der Waals surface area contributed by atoms with E-state index in [-0.39, 0.29) is 30.3 Å². The van der Waals surface area contributed by atoms with Crippen molar-refractivity contribution in [1.82, 2.24) is 5.32 Å². The second kappa shape index (κ2) is 6.25. The van der Waals surface area contributed by atoms with Gasteiger partial charge in [-0.25, -0.2) is 0 Å². The molecule has 2 saturated carbocycles. The molecular weight excluding hydrogens is 280 g/mol. The molecule has 0 saturated heterocycles. The standard InChI is InChI=1S/C14H20N2OS.ClH/c15-13-10-4-3-9(8-10)12(13)14(17)16-6-5-11-2-1-7-18-11;/h1-2,7,9-10,12-13H,3-6,8,15H2,(H,16,17);1H. The quantitative estimate of drug-likeness (QED) is 0.896. The fourth-order valence-electron chi connectivity index (χ4n) is 3.61. The molecule has 3 nitrogen and oxygen atoms in total. The van der Waals surface area contributed by atoms with Crippen LogP contribution in [0.15, 0.2) is 17.5 Å². The first-order chi connectivity index (χ1) is 8.75. The maximum Gasteiger partial charge on any atom is 0.224 e. The van der Waals surface area contributed by atoms with Crippen molar-refractivity contribution in [3.63, 3.8) is 0 Å². The predicted molar refractivity (Wildman–Crippen MR) is 80.6 cm³/mol. The fourth-order valence-corrected chi connectivity index (χ4v) is 4.32. The highest BCUT2D eigenvalue weighted by Crippen LogP contribution is 2.47. The van der Waals surface area contributed by atoms with Crippen LogP contribution in [0.3, 0.4) is 0 Å². The molecule has 2 aliphatic carbocycles. The first-order valence-electron chi connectivity index (χ1n) is 6.81. The van der Waals surface area contributed by atoms with Gasteiger partial charge in [0.2, 0.25) is 5.91 Å². The molecule has 1 aromatic rings. The Hall–Kier alpha value is -0.580. The first-order valence-corrected chi connectivity index (χ1v) is 7.69. The van der Waals surface area contributed by atoms with E-state index < -0.39 is 0 Å². The van der Waals surface area contributed by atoms with Gasteiger partial charge in [-0.15, -0.1) is 23.7 Å². The van der Waals surface area contributed by atoms with Gasteiger partial charge in [0.1, 0.15) is 0 Å². The molecule has 4 atom stereocenters. The molecule has 2 fully saturated rings. The SMILES string of the molecule is Cl.NC1C2CCC(C2)C1C(=O)NCCc1cccs1. The maximum atomic E-state index is 12.2. The Morgan fingerprint density at radius 2 is 2.21 bits per heavy atom. The minimum absolute atomic E-state index is 0. The van der Waals surface area contributed by atoms with E-state index in [1.807, 2.05) is 6.07 Å². The van der Waals surface area contributed by atoms with Gasteiger partial charge < -0.3 is 11.1 Å². The lowest BCUT2D eigenvalue weighted by Gasteiger charge is -2.26. The molecular formula is C14H21ClN2OS. The van der Waals surface area contributed by atoms with Crippen molar-refractivity contribution in [1.29, 1.82) is 0 Å². The Morgan fingerprint density at radius 3 is 2.84 bits per heavy atom. The molecule has 0 aliphatic heterocycles. The Morgan fingerprint density at radius 1 is 1.42 bits per heavy atom. The molecule has 0 aromatic carbocycles. The minimum atomic E-state index is 0. The summed E-state index contributed by atoms with van der Waals surface area (Å²) in [4.78, 5) is 13.5. The summed E-state index contributed by atoms with van der Waals surface area (Å²) in [7, 11) is 0. The van der Waals surface area contributed by atoms with E-state index in [9.17, 15) is 4.79 Å². The van der Waals surface area contributed by atoms with Gasteiger partial charge in [0.05, 0.1) is 5.92 Å². The fraction of sp³-hybridized carbons (Fsp3) is 0.643. The highest BCUT2D eigenvalue weighted by Gasteiger charge is 2.48. The van der Waals surface area contributed by atoms with Crippen LogP contribution in [0.25, 0.3) is 0 Å². The number of fused-ring (bicyclic) bond motifs is 2. The summed E-state index contributed by atoms with van der Waals surface area (Å²) < 4.78 is 0. The Bertz CT molecular complexity index is 421. The molecule has 2 bridgehead atoms. The molecule has 3 N–H and O–H groups in total. The number of carbonyl (C=O) groups is 1. The molecule has 0 spiro atoms. The molecule has 3 rings (SSSR count). The number of hydrogen-bond acceptors (Lipinski definition) is 3.